The highest BCUT2D eigenvalue weighted by atomic mass is 19.1. The van der Waals surface area contributed by atoms with Gasteiger partial charge in [-0.25, -0.2) is 14.4 Å². The number of rotatable bonds is 4. The molecule has 5 nitrogen and oxygen atoms in total. The van der Waals surface area contributed by atoms with E-state index in [1.807, 2.05) is 30.9 Å². The van der Waals surface area contributed by atoms with Gasteiger partial charge in [0.1, 0.15) is 17.5 Å². The molecule has 1 saturated carbocycles. The second-order valence-corrected chi connectivity index (χ2v) is 7.55. The first-order chi connectivity index (χ1) is 13.0. The SMILES string of the molecule is Cc1nc(C)c(Cc2ccc(F)cc2)c(N2CCN(C(=O)C3CC3)CC2)n1. The molecule has 142 valence electrons. The number of hydrogen-bond acceptors (Lipinski definition) is 4. The van der Waals surface area contributed by atoms with E-state index in [0.29, 0.717) is 12.3 Å². The number of aryl methyl sites for hydroxylation is 2. The van der Waals surface area contributed by atoms with Crippen LogP contribution in [0.3, 0.4) is 0 Å². The lowest BCUT2D eigenvalue weighted by atomic mass is 10.0. The first kappa shape index (κ1) is 17.9. The second-order valence-electron chi connectivity index (χ2n) is 7.55. The molecule has 1 aliphatic heterocycles. The van der Waals surface area contributed by atoms with Crippen LogP contribution in [0.2, 0.25) is 0 Å². The lowest BCUT2D eigenvalue weighted by Crippen LogP contribution is -2.49. The Balaban J connectivity index is 1.54. The monoisotopic (exact) mass is 368 g/mol. The van der Waals surface area contributed by atoms with E-state index in [4.69, 9.17) is 4.98 Å². The number of nitrogens with zero attached hydrogens (tertiary/aromatic N) is 4. The minimum absolute atomic E-state index is 0.229. The Bertz CT molecular complexity index is 840. The van der Waals surface area contributed by atoms with Gasteiger partial charge in [0.05, 0.1) is 0 Å². The zero-order valence-electron chi connectivity index (χ0n) is 15.9. The van der Waals surface area contributed by atoms with Gasteiger partial charge in [-0.05, 0) is 44.4 Å². The summed E-state index contributed by atoms with van der Waals surface area (Å²) in [6.07, 6.45) is 2.76. The van der Waals surface area contributed by atoms with Gasteiger partial charge in [0, 0.05) is 49.8 Å². The normalized spacial score (nSPS) is 17.3. The maximum atomic E-state index is 13.2. The molecule has 2 fully saturated rings. The molecule has 0 N–H and O–H groups in total. The smallest absolute Gasteiger partial charge is 0.225 e. The molecule has 6 heteroatoms. The summed E-state index contributed by atoms with van der Waals surface area (Å²) in [6.45, 7) is 6.96. The molecule has 0 unspecified atom stereocenters. The molecule has 1 amide bonds. The van der Waals surface area contributed by atoms with Crippen LogP contribution < -0.4 is 4.90 Å². The average molecular weight is 368 g/mol. The van der Waals surface area contributed by atoms with Crippen LogP contribution in [-0.4, -0.2) is 47.0 Å². The Morgan fingerprint density at radius 1 is 1.07 bits per heavy atom. The molecule has 4 rings (SSSR count). The van der Waals surface area contributed by atoms with Crippen LogP contribution in [0.15, 0.2) is 24.3 Å². The van der Waals surface area contributed by atoms with E-state index < -0.39 is 0 Å². The molecule has 0 bridgehead atoms. The molecule has 1 aromatic carbocycles. The average Bonchev–Trinajstić information content (AvgIpc) is 3.50. The molecule has 2 aromatic rings. The van der Waals surface area contributed by atoms with E-state index in [9.17, 15) is 9.18 Å². The van der Waals surface area contributed by atoms with Crippen LogP contribution >= 0.6 is 0 Å². The minimum Gasteiger partial charge on any atom is -0.353 e. The van der Waals surface area contributed by atoms with Gasteiger partial charge < -0.3 is 9.80 Å². The van der Waals surface area contributed by atoms with Crippen molar-refractivity contribution in [1.29, 1.82) is 0 Å². The summed E-state index contributed by atoms with van der Waals surface area (Å²) in [5, 5.41) is 0. The third kappa shape index (κ3) is 3.94. The van der Waals surface area contributed by atoms with Crippen LogP contribution in [0.1, 0.15) is 35.5 Å². The molecular weight excluding hydrogens is 343 g/mol. The number of halogens is 1. The van der Waals surface area contributed by atoms with Crippen molar-refractivity contribution in [2.24, 2.45) is 5.92 Å². The zero-order valence-corrected chi connectivity index (χ0v) is 15.9. The Morgan fingerprint density at radius 3 is 2.37 bits per heavy atom. The fourth-order valence-corrected chi connectivity index (χ4v) is 3.72. The van der Waals surface area contributed by atoms with Crippen LogP contribution in [0.4, 0.5) is 10.2 Å². The number of amides is 1. The zero-order chi connectivity index (χ0) is 19.0. The van der Waals surface area contributed by atoms with Crippen molar-refractivity contribution in [3.8, 4) is 0 Å². The first-order valence-electron chi connectivity index (χ1n) is 9.63. The Labute approximate surface area is 159 Å². The summed E-state index contributed by atoms with van der Waals surface area (Å²) in [5.74, 6) is 2.06. The molecule has 0 radical (unpaired) electrons. The van der Waals surface area contributed by atoms with E-state index >= 15 is 0 Å². The highest BCUT2D eigenvalue weighted by Gasteiger charge is 2.35. The number of carbonyl (C=O) groups is 1. The van der Waals surface area contributed by atoms with Crippen molar-refractivity contribution >= 4 is 11.7 Å². The molecule has 0 spiro atoms. The molecule has 1 aliphatic carbocycles. The summed E-state index contributed by atoms with van der Waals surface area (Å²) in [6, 6.07) is 6.60. The van der Waals surface area contributed by atoms with Gasteiger partial charge in [0.15, 0.2) is 0 Å². The third-order valence-electron chi connectivity index (χ3n) is 5.42. The molecule has 1 aromatic heterocycles. The molecule has 0 atom stereocenters. The van der Waals surface area contributed by atoms with Gasteiger partial charge in [-0.15, -0.1) is 0 Å². The van der Waals surface area contributed by atoms with Gasteiger partial charge in [-0.1, -0.05) is 12.1 Å². The fraction of sp³-hybridized carbons (Fsp3) is 0.476. The van der Waals surface area contributed by atoms with Crippen molar-refractivity contribution in [3.05, 3.63) is 52.7 Å². The molecule has 2 heterocycles. The molecule has 27 heavy (non-hydrogen) atoms. The van der Waals surface area contributed by atoms with Gasteiger partial charge >= 0.3 is 0 Å². The number of anilines is 1. The number of aromatic nitrogens is 2. The predicted octanol–water partition coefficient (Wildman–Crippen LogP) is 2.88. The standard InChI is InChI=1S/C21H25FN4O/c1-14-19(13-16-3-7-18(22)8-4-16)20(24-15(2)23-14)25-9-11-26(12-10-25)21(27)17-5-6-17/h3-4,7-8,17H,5-6,9-13H2,1-2H3. The van der Waals surface area contributed by atoms with Crippen LogP contribution in [0.25, 0.3) is 0 Å². The van der Waals surface area contributed by atoms with Crippen molar-refractivity contribution in [3.63, 3.8) is 0 Å². The highest BCUT2D eigenvalue weighted by molar-refractivity contribution is 5.81. The quantitative estimate of drug-likeness (QED) is 0.833. The number of hydrogen-bond donors (Lipinski definition) is 0. The van der Waals surface area contributed by atoms with Crippen LogP contribution in [0.5, 0.6) is 0 Å². The van der Waals surface area contributed by atoms with E-state index in [2.05, 4.69) is 9.88 Å². The van der Waals surface area contributed by atoms with Crippen molar-refractivity contribution < 1.29 is 9.18 Å². The summed E-state index contributed by atoms with van der Waals surface area (Å²) >= 11 is 0. The minimum atomic E-state index is -0.229. The Kier molecular flexibility index (Phi) is 4.81. The number of benzene rings is 1. The van der Waals surface area contributed by atoms with E-state index in [0.717, 1.165) is 67.5 Å². The molecule has 1 saturated heterocycles. The molecular formula is C21H25FN4O. The van der Waals surface area contributed by atoms with Gasteiger partial charge in [0.2, 0.25) is 5.91 Å². The third-order valence-corrected chi connectivity index (χ3v) is 5.42. The Hall–Kier alpha value is -2.50. The lowest BCUT2D eigenvalue weighted by Gasteiger charge is -2.36. The summed E-state index contributed by atoms with van der Waals surface area (Å²) in [7, 11) is 0. The van der Waals surface area contributed by atoms with E-state index in [-0.39, 0.29) is 11.7 Å². The van der Waals surface area contributed by atoms with E-state index in [1.165, 1.54) is 12.1 Å². The molecule has 2 aliphatic rings. The maximum absolute atomic E-state index is 13.2. The van der Waals surface area contributed by atoms with Gasteiger partial charge in [-0.3, -0.25) is 4.79 Å². The van der Waals surface area contributed by atoms with Crippen molar-refractivity contribution in [2.75, 3.05) is 31.1 Å². The van der Waals surface area contributed by atoms with Gasteiger partial charge in [0.25, 0.3) is 0 Å². The highest BCUT2D eigenvalue weighted by Crippen LogP contribution is 2.32. The van der Waals surface area contributed by atoms with Crippen LogP contribution in [0, 0.1) is 25.6 Å². The second kappa shape index (κ2) is 7.25. The summed E-state index contributed by atoms with van der Waals surface area (Å²) in [5.41, 5.74) is 3.07. The topological polar surface area (TPSA) is 49.3 Å². The number of piperazine rings is 1. The fourth-order valence-electron chi connectivity index (χ4n) is 3.72. The van der Waals surface area contributed by atoms with Crippen molar-refractivity contribution in [2.45, 2.75) is 33.1 Å². The number of carbonyl (C=O) groups excluding carboxylic acids is 1. The largest absolute Gasteiger partial charge is 0.353 e. The predicted molar refractivity (Wildman–Crippen MR) is 102 cm³/mol. The Morgan fingerprint density at radius 2 is 1.74 bits per heavy atom. The maximum Gasteiger partial charge on any atom is 0.225 e. The summed E-state index contributed by atoms with van der Waals surface area (Å²) < 4.78 is 13.2. The summed E-state index contributed by atoms with van der Waals surface area (Å²) in [4.78, 5) is 25.8. The van der Waals surface area contributed by atoms with Crippen molar-refractivity contribution in [1.82, 2.24) is 14.9 Å². The first-order valence-corrected chi connectivity index (χ1v) is 9.63. The lowest BCUT2D eigenvalue weighted by molar-refractivity contribution is -0.132. The van der Waals surface area contributed by atoms with Gasteiger partial charge in [-0.2, -0.15) is 0 Å². The van der Waals surface area contributed by atoms with E-state index in [1.54, 1.807) is 0 Å². The van der Waals surface area contributed by atoms with Crippen LogP contribution in [-0.2, 0) is 11.2 Å².